The Morgan fingerprint density at radius 1 is 0.324 bits per heavy atom. The first kappa shape index (κ1) is 74.1. The van der Waals surface area contributed by atoms with Gasteiger partial charge in [-0.05, 0) is 90.1 Å². The van der Waals surface area contributed by atoms with Crippen molar-refractivity contribution in [1.29, 1.82) is 0 Å². The normalized spacial score (nSPS) is 11.7. The zero-order chi connectivity index (χ0) is 52.5. The summed E-state index contributed by atoms with van der Waals surface area (Å²) in [5.41, 5.74) is 0. The maximum atomic E-state index is 10.6. The molecule has 0 aromatic heterocycles. The molecular formula is C64H134N4O3. The molecule has 0 radical (unpaired) electrons. The molecule has 7 heteroatoms. The number of rotatable bonds is 59. The summed E-state index contributed by atoms with van der Waals surface area (Å²) in [5, 5.41) is 13.5. The van der Waals surface area contributed by atoms with Crippen LogP contribution in [0.1, 0.15) is 337 Å². The third-order valence-corrected chi connectivity index (χ3v) is 15.1. The smallest absolute Gasteiger partial charge is 0.290 e. The van der Waals surface area contributed by atoms with E-state index in [2.05, 4.69) is 62.0 Å². The van der Waals surface area contributed by atoms with Gasteiger partial charge < -0.3 is 25.5 Å². The molecule has 0 saturated heterocycles. The Morgan fingerprint density at radius 3 is 0.873 bits per heavy atom. The Morgan fingerprint density at radius 2 is 0.592 bits per heavy atom. The summed E-state index contributed by atoms with van der Waals surface area (Å²) >= 11 is 0. The highest BCUT2D eigenvalue weighted by Crippen LogP contribution is 2.17. The van der Waals surface area contributed by atoms with Crippen molar-refractivity contribution in [2.24, 2.45) is 5.92 Å². The summed E-state index contributed by atoms with van der Waals surface area (Å²) < 4.78 is 0. The first-order chi connectivity index (χ1) is 35.0. The van der Waals surface area contributed by atoms with E-state index in [9.17, 15) is 4.79 Å². The molecule has 1 atom stereocenters. The maximum Gasteiger partial charge on any atom is 0.290 e. The molecule has 0 saturated carbocycles. The van der Waals surface area contributed by atoms with Crippen LogP contribution in [0.25, 0.3) is 0 Å². The largest absolute Gasteiger partial charge is 0.483 e. The molecule has 1 unspecified atom stereocenters. The average molecular weight is 1010 g/mol. The van der Waals surface area contributed by atoms with E-state index in [1.54, 1.807) is 0 Å². The molecule has 0 spiro atoms. The SMILES string of the molecule is CCCCCCCCCCCCCCN(CCCCCCCCCCCC)CCC(CC)CCNC=O.CCCCCCCCCNCCN(CCCCCCCCC)CCCCCCCCC.O=CO. The van der Waals surface area contributed by atoms with Gasteiger partial charge in [0.15, 0.2) is 0 Å². The highest BCUT2D eigenvalue weighted by atomic mass is 16.3. The van der Waals surface area contributed by atoms with Gasteiger partial charge in [-0.1, -0.05) is 292 Å². The van der Waals surface area contributed by atoms with E-state index >= 15 is 0 Å². The van der Waals surface area contributed by atoms with Crippen molar-refractivity contribution in [3.8, 4) is 0 Å². The Kier molecular flexibility index (Phi) is 74.0. The summed E-state index contributed by atoms with van der Waals surface area (Å²) in [6.07, 6.45) is 65.6. The zero-order valence-electron chi connectivity index (χ0n) is 49.8. The summed E-state index contributed by atoms with van der Waals surface area (Å²) in [5.74, 6) is 0.740. The van der Waals surface area contributed by atoms with Crippen LogP contribution in [0.5, 0.6) is 0 Å². The summed E-state index contributed by atoms with van der Waals surface area (Å²) in [6.45, 7) is 24.5. The topological polar surface area (TPSA) is 84.9 Å². The molecule has 7 nitrogen and oxygen atoms in total. The van der Waals surface area contributed by atoms with E-state index in [0.717, 1.165) is 25.3 Å². The lowest BCUT2D eigenvalue weighted by Crippen LogP contribution is -2.34. The maximum absolute atomic E-state index is 10.6. The van der Waals surface area contributed by atoms with E-state index in [0.29, 0.717) is 0 Å². The average Bonchev–Trinajstić information content (AvgIpc) is 3.38. The van der Waals surface area contributed by atoms with Crippen molar-refractivity contribution in [3.05, 3.63) is 0 Å². The van der Waals surface area contributed by atoms with Crippen LogP contribution in [0.3, 0.4) is 0 Å². The van der Waals surface area contributed by atoms with E-state index in [1.807, 2.05) is 0 Å². The molecule has 428 valence electrons. The van der Waals surface area contributed by atoms with Crippen LogP contribution < -0.4 is 10.6 Å². The minimum absolute atomic E-state index is 0.250. The number of hydrogen-bond acceptors (Lipinski definition) is 5. The van der Waals surface area contributed by atoms with Gasteiger partial charge in [0, 0.05) is 19.6 Å². The first-order valence-corrected chi connectivity index (χ1v) is 32.4. The van der Waals surface area contributed by atoms with Gasteiger partial charge in [-0.2, -0.15) is 0 Å². The number of unbranched alkanes of at least 4 members (excludes halogenated alkanes) is 38. The summed E-state index contributed by atoms with van der Waals surface area (Å²) in [7, 11) is 0. The van der Waals surface area contributed by atoms with Gasteiger partial charge in [-0.15, -0.1) is 0 Å². The minimum Gasteiger partial charge on any atom is -0.483 e. The van der Waals surface area contributed by atoms with Crippen LogP contribution in [-0.2, 0) is 9.59 Å². The lowest BCUT2D eigenvalue weighted by atomic mass is 9.98. The van der Waals surface area contributed by atoms with Gasteiger partial charge in [0.05, 0.1) is 0 Å². The van der Waals surface area contributed by atoms with Gasteiger partial charge in [0.1, 0.15) is 0 Å². The zero-order valence-corrected chi connectivity index (χ0v) is 49.8. The molecule has 0 heterocycles. The predicted molar refractivity (Wildman–Crippen MR) is 318 cm³/mol. The molecular weight excluding hydrogens is 873 g/mol. The van der Waals surface area contributed by atoms with Crippen molar-refractivity contribution in [3.63, 3.8) is 0 Å². The second-order valence-corrected chi connectivity index (χ2v) is 21.9. The number of carboxylic acid groups (broad SMARTS) is 1. The molecule has 3 N–H and O–H groups in total. The standard InChI is InChI=1S/C34H70N2O.C29H62N2.CH2O2/c1-4-7-9-11-13-15-17-18-20-22-24-26-31-36(32-28-34(6-3)27-29-35-33-37)30-25-23-21-19-16-14-12-10-8-5-2;1-4-7-10-13-16-19-22-25-30-26-29-31(27-23-20-17-14-11-8-5-2)28-24-21-18-15-12-9-6-3;2-1-3/h33-34H,4-32H2,1-3H3,(H,35,37);30H,4-29H2,1-3H3;1H,(H,2,3). The second-order valence-electron chi connectivity index (χ2n) is 21.9. The molecule has 0 bridgehead atoms. The molecule has 71 heavy (non-hydrogen) atoms. The monoisotopic (exact) mass is 1010 g/mol. The third kappa shape index (κ3) is 68.8. The lowest BCUT2D eigenvalue weighted by Gasteiger charge is -2.25. The number of hydrogen-bond donors (Lipinski definition) is 3. The Hall–Kier alpha value is -1.18. The van der Waals surface area contributed by atoms with Crippen molar-refractivity contribution in [2.45, 2.75) is 337 Å². The van der Waals surface area contributed by atoms with Crippen molar-refractivity contribution in [2.75, 3.05) is 58.9 Å². The fourth-order valence-electron chi connectivity index (χ4n) is 10.1. The quantitative estimate of drug-likeness (QED) is 0.0416. The van der Waals surface area contributed by atoms with Crippen LogP contribution in [0.15, 0.2) is 0 Å². The summed E-state index contributed by atoms with van der Waals surface area (Å²) in [6, 6.07) is 0. The van der Waals surface area contributed by atoms with Crippen LogP contribution in [0.4, 0.5) is 0 Å². The van der Waals surface area contributed by atoms with Crippen LogP contribution >= 0.6 is 0 Å². The Bertz CT molecular complexity index is 906. The number of carbonyl (C=O) groups excluding carboxylic acids is 1. The van der Waals surface area contributed by atoms with E-state index in [4.69, 9.17) is 9.90 Å². The fourth-order valence-corrected chi connectivity index (χ4v) is 10.1. The Labute approximate surface area is 447 Å². The van der Waals surface area contributed by atoms with Gasteiger partial charge in [0.2, 0.25) is 6.41 Å². The third-order valence-electron chi connectivity index (χ3n) is 15.1. The van der Waals surface area contributed by atoms with Crippen LogP contribution in [0.2, 0.25) is 0 Å². The molecule has 0 aromatic rings. The lowest BCUT2D eigenvalue weighted by molar-refractivity contribution is -0.122. The van der Waals surface area contributed by atoms with Gasteiger partial charge in [-0.3, -0.25) is 9.59 Å². The molecule has 0 aromatic carbocycles. The van der Waals surface area contributed by atoms with Crippen molar-refractivity contribution < 1.29 is 14.7 Å². The van der Waals surface area contributed by atoms with Gasteiger partial charge in [0.25, 0.3) is 6.47 Å². The molecule has 0 aliphatic heterocycles. The van der Waals surface area contributed by atoms with E-state index < -0.39 is 0 Å². The molecule has 0 aliphatic carbocycles. The number of nitrogens with zero attached hydrogens (tertiary/aromatic N) is 2. The first-order valence-electron chi connectivity index (χ1n) is 32.4. The molecule has 0 aliphatic rings. The fraction of sp³-hybridized carbons (Fsp3) is 0.969. The minimum atomic E-state index is -0.250. The number of carbonyl (C=O) groups is 2. The highest BCUT2D eigenvalue weighted by Gasteiger charge is 2.11. The second kappa shape index (κ2) is 70.9. The predicted octanol–water partition coefficient (Wildman–Crippen LogP) is 19.3. The number of nitrogens with one attached hydrogen (secondary N) is 2. The molecule has 0 fully saturated rings. The number of amides is 1. The highest BCUT2D eigenvalue weighted by molar-refractivity contribution is 5.45. The van der Waals surface area contributed by atoms with Crippen molar-refractivity contribution >= 4 is 12.9 Å². The van der Waals surface area contributed by atoms with Crippen LogP contribution in [0, 0.1) is 5.92 Å². The van der Waals surface area contributed by atoms with Crippen LogP contribution in [-0.4, -0.2) is 86.7 Å². The van der Waals surface area contributed by atoms with E-state index in [-0.39, 0.29) is 6.47 Å². The Balaban J connectivity index is -0.00000125. The van der Waals surface area contributed by atoms with Crippen molar-refractivity contribution in [1.82, 2.24) is 20.4 Å². The van der Waals surface area contributed by atoms with E-state index in [1.165, 1.54) is 341 Å². The summed E-state index contributed by atoms with van der Waals surface area (Å²) in [4.78, 5) is 24.5. The van der Waals surface area contributed by atoms with Gasteiger partial charge in [-0.25, -0.2) is 0 Å². The van der Waals surface area contributed by atoms with Gasteiger partial charge >= 0.3 is 0 Å². The molecule has 0 rings (SSSR count). The molecule has 1 amide bonds.